The number of halogens is 6. The van der Waals surface area contributed by atoms with Crippen LogP contribution in [-0.4, -0.2) is 19.7 Å². The third-order valence-corrected chi connectivity index (χ3v) is 4.21. The molecule has 0 spiro atoms. The molecule has 0 atom stereocenters. The van der Waals surface area contributed by atoms with Crippen LogP contribution < -0.4 is 15.9 Å². The summed E-state index contributed by atoms with van der Waals surface area (Å²) in [6.45, 7) is 6.59. The Hall–Kier alpha value is -4.15. The second-order valence-corrected chi connectivity index (χ2v) is 6.65. The van der Waals surface area contributed by atoms with Crippen molar-refractivity contribution in [1.82, 2.24) is 19.7 Å². The summed E-state index contributed by atoms with van der Waals surface area (Å²) < 4.78 is 86.9. The van der Waals surface area contributed by atoms with Gasteiger partial charge in [0.2, 0.25) is 11.4 Å². The van der Waals surface area contributed by atoms with Crippen molar-refractivity contribution in [2.75, 3.05) is 0 Å². The van der Waals surface area contributed by atoms with Crippen LogP contribution in [0.2, 0.25) is 0 Å². The van der Waals surface area contributed by atoms with Gasteiger partial charge in [-0.2, -0.15) is 27.1 Å². The molecule has 0 amide bonds. The average Bonchev–Trinajstić information content (AvgIpc) is 2.72. The van der Waals surface area contributed by atoms with Gasteiger partial charge in [-0.3, -0.25) is 14.2 Å². The highest BCUT2D eigenvalue weighted by molar-refractivity contribution is 5.52. The van der Waals surface area contributed by atoms with E-state index in [1.807, 2.05) is 5.10 Å². The molecule has 1 aromatic carbocycles. The molecular weight excluding hydrogens is 460 g/mol. The Bertz CT molecular complexity index is 1370. The highest BCUT2D eigenvalue weighted by Gasteiger charge is 2.39. The lowest BCUT2D eigenvalue weighted by molar-refractivity contribution is -0.142. The first-order valence-electron chi connectivity index (χ1n) is 8.80. The number of aromatic nitrogens is 4. The van der Waals surface area contributed by atoms with Crippen LogP contribution >= 0.6 is 0 Å². The summed E-state index contributed by atoms with van der Waals surface area (Å²) in [5.41, 5.74) is -6.10. The van der Waals surface area contributed by atoms with Crippen molar-refractivity contribution in [2.45, 2.75) is 25.6 Å². The Morgan fingerprint density at radius 1 is 1.21 bits per heavy atom. The summed E-state index contributed by atoms with van der Waals surface area (Å²) >= 11 is 0. The summed E-state index contributed by atoms with van der Waals surface area (Å²) in [6.07, 6.45) is -4.75. The Balaban J connectivity index is 2.13. The molecule has 0 saturated heterocycles. The fourth-order valence-corrected chi connectivity index (χ4v) is 2.62. The number of hydrogen-bond donors (Lipinski definition) is 1. The highest BCUT2D eigenvalue weighted by atomic mass is 19.4. The van der Waals surface area contributed by atoms with E-state index in [1.54, 1.807) is 0 Å². The van der Waals surface area contributed by atoms with Crippen LogP contribution in [0, 0.1) is 12.4 Å². The van der Waals surface area contributed by atoms with Crippen LogP contribution in [0.4, 0.5) is 32.0 Å². The van der Waals surface area contributed by atoms with E-state index < -0.39 is 69.7 Å². The topological polar surface area (TPSA) is 94.2 Å². The smallest absolute Gasteiger partial charge is 0.437 e. The molecule has 0 aliphatic heterocycles. The number of nitrogens with zero attached hydrogens (tertiary/aromatic N) is 4. The van der Waals surface area contributed by atoms with Gasteiger partial charge in [0.25, 0.3) is 17.0 Å². The van der Waals surface area contributed by atoms with Crippen molar-refractivity contribution in [1.29, 1.82) is 0 Å². The quantitative estimate of drug-likeness (QED) is 0.449. The van der Waals surface area contributed by atoms with Gasteiger partial charge < -0.3 is 4.74 Å². The minimum absolute atomic E-state index is 0.433. The Morgan fingerprint density at radius 2 is 1.91 bits per heavy atom. The predicted molar refractivity (Wildman–Crippen MR) is 99.8 cm³/mol. The molecule has 0 fully saturated rings. The lowest BCUT2D eigenvalue weighted by Crippen LogP contribution is -2.29. The molecule has 2 aromatic heterocycles. The van der Waals surface area contributed by atoms with Crippen molar-refractivity contribution < 1.29 is 31.1 Å². The highest BCUT2D eigenvalue weighted by Crippen LogP contribution is 2.36. The standard InChI is InChI=1S/C19H11F6N5O3/c1-18(21,22)12-6-9(16(31)29-28-12)7-30-8-27-15(19(23,24)25)14(17(30)32)33-11-5-3-4-10(26-2)13(11)20/h3-6,8H,7H2,1H3,(H,29,31). The molecular formula is C19H11F6N5O3. The number of alkyl halides is 5. The number of nitrogens with one attached hydrogen (secondary N) is 1. The normalized spacial score (nSPS) is 11.8. The molecule has 0 unspecified atom stereocenters. The predicted octanol–water partition coefficient (Wildman–Crippen LogP) is 3.99. The summed E-state index contributed by atoms with van der Waals surface area (Å²) in [5.74, 6) is -7.05. The number of benzene rings is 1. The number of H-pyrrole nitrogens is 1. The molecule has 8 nitrogen and oxygen atoms in total. The first-order valence-corrected chi connectivity index (χ1v) is 8.80. The van der Waals surface area contributed by atoms with E-state index in [9.17, 15) is 35.9 Å². The van der Waals surface area contributed by atoms with E-state index in [2.05, 4.69) is 14.9 Å². The molecule has 0 bridgehead atoms. The molecule has 14 heteroatoms. The summed E-state index contributed by atoms with van der Waals surface area (Å²) in [7, 11) is 0. The fourth-order valence-electron chi connectivity index (χ4n) is 2.62. The van der Waals surface area contributed by atoms with E-state index in [4.69, 9.17) is 11.3 Å². The number of rotatable bonds is 5. The van der Waals surface area contributed by atoms with Crippen molar-refractivity contribution in [3.63, 3.8) is 0 Å². The molecule has 0 aliphatic carbocycles. The first-order chi connectivity index (χ1) is 15.3. The van der Waals surface area contributed by atoms with E-state index in [0.29, 0.717) is 23.9 Å². The minimum Gasteiger partial charge on any atom is -0.448 e. The molecule has 3 rings (SSSR count). The average molecular weight is 471 g/mol. The summed E-state index contributed by atoms with van der Waals surface area (Å²) in [4.78, 5) is 30.7. The second-order valence-electron chi connectivity index (χ2n) is 6.65. The van der Waals surface area contributed by atoms with Gasteiger partial charge in [0, 0.05) is 12.5 Å². The van der Waals surface area contributed by atoms with E-state index in [0.717, 1.165) is 18.2 Å². The fraction of sp³-hybridized carbons (Fsp3) is 0.211. The molecule has 172 valence electrons. The SMILES string of the molecule is [C-]#[N+]c1cccc(Oc2c(C(F)(F)F)ncn(Cc3cc(C(C)(F)F)n[nH]c3=O)c2=O)c1F. The Labute approximate surface area is 179 Å². The van der Waals surface area contributed by atoms with Crippen LogP contribution in [0.3, 0.4) is 0 Å². The summed E-state index contributed by atoms with van der Waals surface area (Å²) in [5, 5.41) is 5.00. The van der Waals surface area contributed by atoms with Gasteiger partial charge >= 0.3 is 6.18 Å². The van der Waals surface area contributed by atoms with Crippen LogP contribution in [-0.2, 0) is 18.6 Å². The monoisotopic (exact) mass is 471 g/mol. The van der Waals surface area contributed by atoms with Gasteiger partial charge in [-0.05, 0) is 12.1 Å². The zero-order valence-electron chi connectivity index (χ0n) is 16.4. The van der Waals surface area contributed by atoms with Crippen molar-refractivity contribution in [3.8, 4) is 11.5 Å². The molecule has 33 heavy (non-hydrogen) atoms. The molecule has 0 saturated carbocycles. The molecule has 0 aliphatic rings. The maximum Gasteiger partial charge on any atom is 0.437 e. The number of hydrogen-bond acceptors (Lipinski definition) is 5. The van der Waals surface area contributed by atoms with Gasteiger partial charge in [-0.25, -0.2) is 19.3 Å². The number of aromatic amines is 1. The van der Waals surface area contributed by atoms with Crippen molar-refractivity contribution >= 4 is 5.69 Å². The summed E-state index contributed by atoms with van der Waals surface area (Å²) in [6, 6.07) is 3.74. The Kier molecular flexibility index (Phi) is 5.99. The van der Waals surface area contributed by atoms with Crippen molar-refractivity contribution in [2.24, 2.45) is 0 Å². The zero-order valence-corrected chi connectivity index (χ0v) is 16.4. The zero-order chi connectivity index (χ0) is 24.6. The van der Waals surface area contributed by atoms with Gasteiger partial charge in [0.05, 0.1) is 19.4 Å². The van der Waals surface area contributed by atoms with Gasteiger partial charge in [-0.15, -0.1) is 0 Å². The van der Waals surface area contributed by atoms with E-state index in [-0.39, 0.29) is 0 Å². The molecule has 3 aromatic rings. The first kappa shape index (κ1) is 23.5. The van der Waals surface area contributed by atoms with Crippen LogP contribution in [0.5, 0.6) is 11.5 Å². The van der Waals surface area contributed by atoms with Gasteiger partial charge in [-0.1, -0.05) is 12.1 Å². The van der Waals surface area contributed by atoms with Crippen LogP contribution in [0.15, 0.2) is 40.2 Å². The third kappa shape index (κ3) is 4.86. The number of ether oxygens (including phenoxy) is 1. The lowest BCUT2D eigenvalue weighted by atomic mass is 10.2. The molecule has 0 radical (unpaired) electrons. The van der Waals surface area contributed by atoms with Gasteiger partial charge in [0.1, 0.15) is 5.69 Å². The van der Waals surface area contributed by atoms with E-state index in [1.165, 1.54) is 0 Å². The molecule has 1 N–H and O–H groups in total. The molecule has 2 heterocycles. The van der Waals surface area contributed by atoms with E-state index >= 15 is 0 Å². The lowest BCUT2D eigenvalue weighted by Gasteiger charge is -2.15. The second kappa shape index (κ2) is 8.41. The largest absolute Gasteiger partial charge is 0.448 e. The maximum absolute atomic E-state index is 14.3. The maximum atomic E-state index is 14.3. The van der Waals surface area contributed by atoms with Gasteiger partial charge in [0.15, 0.2) is 17.3 Å². The Morgan fingerprint density at radius 3 is 2.52 bits per heavy atom. The third-order valence-electron chi connectivity index (χ3n) is 4.21. The van der Waals surface area contributed by atoms with Crippen LogP contribution in [0.25, 0.3) is 4.85 Å². The van der Waals surface area contributed by atoms with Crippen molar-refractivity contribution in [3.05, 3.63) is 85.5 Å². The van der Waals surface area contributed by atoms with Crippen LogP contribution in [0.1, 0.15) is 23.9 Å². The minimum atomic E-state index is -5.19.